The molecule has 2 rings (SSSR count). The van der Waals surface area contributed by atoms with E-state index < -0.39 is 0 Å². The molecule has 0 aliphatic heterocycles. The van der Waals surface area contributed by atoms with Crippen molar-refractivity contribution in [1.82, 2.24) is 19.9 Å². The Kier molecular flexibility index (Phi) is 5.72. The number of hydrogen-bond donors (Lipinski definition) is 2. The first-order valence-corrected chi connectivity index (χ1v) is 8.12. The number of hydrogen-bond acceptors (Lipinski definition) is 9. The highest BCUT2D eigenvalue weighted by atomic mass is 32.2. The molecule has 0 radical (unpaired) electrons. The Balaban J connectivity index is 1.80. The van der Waals surface area contributed by atoms with E-state index in [0.29, 0.717) is 22.6 Å². The molecule has 0 unspecified atom stereocenters. The number of thioether (sulfide) groups is 1. The van der Waals surface area contributed by atoms with Crippen molar-refractivity contribution in [3.63, 3.8) is 0 Å². The number of aromatic nitrogens is 4. The van der Waals surface area contributed by atoms with E-state index in [9.17, 15) is 9.59 Å². The lowest BCUT2D eigenvalue weighted by molar-refractivity contribution is -0.142. The van der Waals surface area contributed by atoms with Crippen LogP contribution < -0.4 is 11.2 Å². The molecule has 9 nitrogen and oxygen atoms in total. The number of carbonyl (C=O) groups is 2. The lowest BCUT2D eigenvalue weighted by Gasteiger charge is -2.01. The molecule has 0 saturated heterocycles. The summed E-state index contributed by atoms with van der Waals surface area (Å²) in [6.07, 6.45) is 1.44. The van der Waals surface area contributed by atoms with Crippen LogP contribution in [0.25, 0.3) is 0 Å². The molecule has 11 heteroatoms. The van der Waals surface area contributed by atoms with Crippen molar-refractivity contribution in [2.75, 3.05) is 23.5 Å². The summed E-state index contributed by atoms with van der Waals surface area (Å²) in [5, 5.41) is 12.6. The number of rotatable bonds is 7. The molecule has 1 amide bonds. The van der Waals surface area contributed by atoms with Crippen molar-refractivity contribution < 1.29 is 14.3 Å². The summed E-state index contributed by atoms with van der Waals surface area (Å²) in [6, 6.07) is 0. The van der Waals surface area contributed by atoms with Gasteiger partial charge in [0.25, 0.3) is 0 Å². The molecule has 0 spiro atoms. The molecule has 0 fully saturated rings. The zero-order valence-electron chi connectivity index (χ0n) is 11.7. The molecule has 0 atom stereocenters. The Morgan fingerprint density at radius 2 is 2.36 bits per heavy atom. The van der Waals surface area contributed by atoms with Crippen LogP contribution in [-0.2, 0) is 20.7 Å². The number of ether oxygens (including phenoxy) is 1. The lowest BCUT2D eigenvalue weighted by atomic mass is 10.3. The summed E-state index contributed by atoms with van der Waals surface area (Å²) >= 11 is 2.41. The largest absolute Gasteiger partial charge is 0.466 e. The monoisotopic (exact) mass is 342 g/mol. The van der Waals surface area contributed by atoms with Gasteiger partial charge in [-0.2, -0.15) is 0 Å². The minimum absolute atomic E-state index is 0.0885. The molecule has 22 heavy (non-hydrogen) atoms. The topological polar surface area (TPSA) is 125 Å². The van der Waals surface area contributed by atoms with Crippen molar-refractivity contribution >= 4 is 40.1 Å². The Hall–Kier alpha value is -2.14. The van der Waals surface area contributed by atoms with Crippen LogP contribution in [0.5, 0.6) is 0 Å². The standard InChI is InChI=1S/C11H14N6O3S2/c1-2-20-9(19)3-7-4-21-10(14-7)15-8(18)5-22-11-16-13-6-17(11)12/h4,6H,2-3,5,12H2,1H3,(H,14,15,18). The van der Waals surface area contributed by atoms with Crippen LogP contribution in [0.3, 0.4) is 0 Å². The highest BCUT2D eigenvalue weighted by Crippen LogP contribution is 2.18. The third kappa shape index (κ3) is 4.70. The van der Waals surface area contributed by atoms with Gasteiger partial charge in [0.05, 0.1) is 24.5 Å². The van der Waals surface area contributed by atoms with Gasteiger partial charge < -0.3 is 15.9 Å². The van der Waals surface area contributed by atoms with Gasteiger partial charge in [-0.05, 0) is 6.92 Å². The maximum atomic E-state index is 11.8. The smallest absolute Gasteiger partial charge is 0.311 e. The Morgan fingerprint density at radius 1 is 1.55 bits per heavy atom. The van der Waals surface area contributed by atoms with Gasteiger partial charge in [0.2, 0.25) is 11.1 Å². The highest BCUT2D eigenvalue weighted by Gasteiger charge is 2.12. The predicted octanol–water partition coefficient (Wildman–Crippen LogP) is 0.285. The highest BCUT2D eigenvalue weighted by molar-refractivity contribution is 7.99. The molecule has 0 aliphatic rings. The SMILES string of the molecule is CCOC(=O)Cc1csc(NC(=O)CSc2nncn2N)n1. The van der Waals surface area contributed by atoms with Gasteiger partial charge in [-0.15, -0.1) is 21.5 Å². The number of nitrogens with zero attached hydrogens (tertiary/aromatic N) is 4. The van der Waals surface area contributed by atoms with Crippen LogP contribution in [0.15, 0.2) is 16.9 Å². The third-order valence-corrected chi connectivity index (χ3v) is 4.07. The number of nitrogen functional groups attached to an aromatic ring is 1. The van der Waals surface area contributed by atoms with E-state index in [1.54, 1.807) is 12.3 Å². The summed E-state index contributed by atoms with van der Waals surface area (Å²) in [7, 11) is 0. The fourth-order valence-electron chi connectivity index (χ4n) is 1.43. The number of nitrogens with one attached hydrogen (secondary N) is 1. The maximum absolute atomic E-state index is 11.8. The summed E-state index contributed by atoms with van der Waals surface area (Å²) in [5.74, 6) is 5.08. The second-order valence-corrected chi connectivity index (χ2v) is 5.78. The Morgan fingerprint density at radius 3 is 3.05 bits per heavy atom. The molecule has 0 aliphatic carbocycles. The van der Waals surface area contributed by atoms with Gasteiger partial charge in [0.1, 0.15) is 6.33 Å². The van der Waals surface area contributed by atoms with E-state index >= 15 is 0 Å². The quantitative estimate of drug-likeness (QED) is 0.418. The van der Waals surface area contributed by atoms with Crippen LogP contribution >= 0.6 is 23.1 Å². The van der Waals surface area contributed by atoms with Crippen LogP contribution in [0, 0.1) is 0 Å². The first-order valence-electron chi connectivity index (χ1n) is 6.26. The number of anilines is 1. The number of carbonyl (C=O) groups excluding carboxylic acids is 2. The van der Waals surface area contributed by atoms with Gasteiger partial charge >= 0.3 is 5.97 Å². The summed E-state index contributed by atoms with van der Waals surface area (Å²) < 4.78 is 6.07. The molecule has 118 valence electrons. The van der Waals surface area contributed by atoms with Gasteiger partial charge in [0.15, 0.2) is 5.13 Å². The zero-order chi connectivity index (χ0) is 15.9. The van der Waals surface area contributed by atoms with Crippen LogP contribution in [0.2, 0.25) is 0 Å². The van der Waals surface area contributed by atoms with E-state index in [2.05, 4.69) is 20.5 Å². The van der Waals surface area contributed by atoms with Crippen molar-refractivity contribution in [2.45, 2.75) is 18.5 Å². The van der Waals surface area contributed by atoms with E-state index in [1.807, 2.05) is 0 Å². The lowest BCUT2D eigenvalue weighted by Crippen LogP contribution is -2.15. The first-order chi connectivity index (χ1) is 10.6. The molecular formula is C11H14N6O3S2. The molecule has 0 aromatic carbocycles. The van der Waals surface area contributed by atoms with E-state index in [1.165, 1.54) is 22.3 Å². The number of nitrogens with two attached hydrogens (primary N) is 1. The van der Waals surface area contributed by atoms with E-state index in [0.717, 1.165) is 11.8 Å². The van der Waals surface area contributed by atoms with E-state index in [-0.39, 0.29) is 24.1 Å². The third-order valence-electron chi connectivity index (χ3n) is 2.30. The fraction of sp³-hybridized carbons (Fsp3) is 0.364. The zero-order valence-corrected chi connectivity index (χ0v) is 13.3. The predicted molar refractivity (Wildman–Crippen MR) is 82.0 cm³/mol. The number of thiazole rings is 1. The van der Waals surface area contributed by atoms with Crippen molar-refractivity contribution in [3.05, 3.63) is 17.4 Å². The Bertz CT molecular complexity index is 656. The summed E-state index contributed by atoms with van der Waals surface area (Å²) in [6.45, 7) is 2.07. The minimum atomic E-state index is -0.344. The molecule has 0 bridgehead atoms. The molecule has 2 aromatic rings. The molecule has 3 N–H and O–H groups in total. The average Bonchev–Trinajstić information content (AvgIpc) is 3.06. The molecule has 0 saturated carbocycles. The van der Waals surface area contributed by atoms with Crippen LogP contribution in [0.4, 0.5) is 5.13 Å². The number of esters is 1. The van der Waals surface area contributed by atoms with E-state index in [4.69, 9.17) is 10.6 Å². The van der Waals surface area contributed by atoms with Gasteiger partial charge in [-0.3, -0.25) is 9.59 Å². The molecule has 2 aromatic heterocycles. The summed E-state index contributed by atoms with van der Waals surface area (Å²) in [5.41, 5.74) is 0.563. The van der Waals surface area contributed by atoms with Gasteiger partial charge in [-0.1, -0.05) is 11.8 Å². The minimum Gasteiger partial charge on any atom is -0.466 e. The Labute approximate surface area is 134 Å². The average molecular weight is 342 g/mol. The van der Waals surface area contributed by atoms with Crippen molar-refractivity contribution in [2.24, 2.45) is 0 Å². The number of amides is 1. The fourth-order valence-corrected chi connectivity index (χ4v) is 2.79. The van der Waals surface area contributed by atoms with Crippen LogP contribution in [-0.4, -0.2) is 44.1 Å². The normalized spacial score (nSPS) is 10.4. The molecule has 2 heterocycles. The van der Waals surface area contributed by atoms with Gasteiger partial charge in [0, 0.05) is 5.38 Å². The second-order valence-electron chi connectivity index (χ2n) is 3.98. The first kappa shape index (κ1) is 16.2. The van der Waals surface area contributed by atoms with Crippen LogP contribution in [0.1, 0.15) is 12.6 Å². The van der Waals surface area contributed by atoms with Crippen molar-refractivity contribution in [1.29, 1.82) is 0 Å². The summed E-state index contributed by atoms with van der Waals surface area (Å²) in [4.78, 5) is 27.3. The van der Waals surface area contributed by atoms with Crippen molar-refractivity contribution in [3.8, 4) is 0 Å². The maximum Gasteiger partial charge on any atom is 0.311 e. The molecular weight excluding hydrogens is 328 g/mol. The second kappa shape index (κ2) is 7.75. The van der Waals surface area contributed by atoms with Gasteiger partial charge in [-0.25, -0.2) is 9.66 Å².